The second kappa shape index (κ2) is 5.12. The summed E-state index contributed by atoms with van der Waals surface area (Å²) in [5.41, 5.74) is 5.91. The second-order valence-electron chi connectivity index (χ2n) is 3.11. The molecule has 0 aliphatic heterocycles. The average Bonchev–Trinajstić information content (AvgIpc) is 2.54. The van der Waals surface area contributed by atoms with Crippen LogP contribution >= 0.6 is 0 Å². The van der Waals surface area contributed by atoms with E-state index in [9.17, 15) is 0 Å². The fourth-order valence-electron chi connectivity index (χ4n) is 1.18. The number of rotatable bonds is 5. The molecule has 5 heteroatoms. The largest absolute Gasteiger partial charge is 0.383 e. The maximum absolute atomic E-state index is 8.76. The highest BCUT2D eigenvalue weighted by atomic mass is 15.2. The van der Waals surface area contributed by atoms with E-state index in [2.05, 4.69) is 22.4 Å². The molecule has 0 aromatic carbocycles. The summed E-state index contributed by atoms with van der Waals surface area (Å²) in [7, 11) is 0. The molecule has 76 valence electrons. The maximum Gasteiger partial charge on any atom is 0.168 e. The first-order valence-corrected chi connectivity index (χ1v) is 4.77. The molecule has 0 aliphatic rings. The van der Waals surface area contributed by atoms with E-state index in [4.69, 9.17) is 11.0 Å². The first-order chi connectivity index (χ1) is 6.79. The number of aromatic amines is 1. The van der Waals surface area contributed by atoms with Gasteiger partial charge in [0.05, 0.1) is 0 Å². The fraction of sp³-hybridized carbons (Fsp3) is 0.556. The zero-order chi connectivity index (χ0) is 10.4. The van der Waals surface area contributed by atoms with Gasteiger partial charge in [0.2, 0.25) is 0 Å². The van der Waals surface area contributed by atoms with Gasteiger partial charge in [-0.15, -0.1) is 0 Å². The van der Waals surface area contributed by atoms with Crippen molar-refractivity contribution in [2.45, 2.75) is 26.2 Å². The number of aromatic nitrogens is 2. The van der Waals surface area contributed by atoms with Crippen LogP contribution < -0.4 is 11.1 Å². The molecule has 0 aliphatic carbocycles. The van der Waals surface area contributed by atoms with E-state index in [1.54, 1.807) is 0 Å². The van der Waals surface area contributed by atoms with Crippen molar-refractivity contribution in [2.75, 3.05) is 17.6 Å². The Kier molecular flexibility index (Phi) is 3.80. The van der Waals surface area contributed by atoms with Crippen LogP contribution in [-0.2, 0) is 0 Å². The third-order valence-electron chi connectivity index (χ3n) is 1.98. The Balaban J connectivity index is 2.47. The second-order valence-corrected chi connectivity index (χ2v) is 3.11. The molecule has 0 radical (unpaired) electrons. The van der Waals surface area contributed by atoms with Crippen molar-refractivity contribution >= 4 is 11.6 Å². The van der Waals surface area contributed by atoms with Gasteiger partial charge in [-0.1, -0.05) is 19.8 Å². The summed E-state index contributed by atoms with van der Waals surface area (Å²) < 4.78 is 0. The van der Waals surface area contributed by atoms with Gasteiger partial charge in [-0.2, -0.15) is 10.4 Å². The normalized spacial score (nSPS) is 9.71. The molecule has 0 saturated heterocycles. The summed E-state index contributed by atoms with van der Waals surface area (Å²) in [4.78, 5) is 0. The highest BCUT2D eigenvalue weighted by Crippen LogP contribution is 2.16. The van der Waals surface area contributed by atoms with E-state index in [0.717, 1.165) is 13.0 Å². The van der Waals surface area contributed by atoms with Crippen LogP contribution in [0.5, 0.6) is 0 Å². The number of nitrogens with one attached hydrogen (secondary N) is 2. The van der Waals surface area contributed by atoms with Gasteiger partial charge >= 0.3 is 0 Å². The molecule has 0 atom stereocenters. The summed E-state index contributed by atoms with van der Waals surface area (Å²) >= 11 is 0. The molecule has 1 rings (SSSR count). The molecule has 14 heavy (non-hydrogen) atoms. The van der Waals surface area contributed by atoms with Crippen molar-refractivity contribution in [3.05, 3.63) is 5.56 Å². The van der Waals surface area contributed by atoms with Crippen LogP contribution in [0.3, 0.4) is 0 Å². The number of nitriles is 1. The standard InChI is InChI=1S/C9H15N5/c1-2-3-4-5-12-9-7(6-10)8(11)13-14-9/h2-5H2,1H3,(H4,11,12,13,14). The zero-order valence-corrected chi connectivity index (χ0v) is 8.30. The number of nitrogens with two attached hydrogens (primary N) is 1. The molecule has 0 fully saturated rings. The zero-order valence-electron chi connectivity index (χ0n) is 8.30. The highest BCUT2D eigenvalue weighted by molar-refractivity contribution is 5.62. The first kappa shape index (κ1) is 10.4. The monoisotopic (exact) mass is 193 g/mol. The minimum atomic E-state index is 0.325. The van der Waals surface area contributed by atoms with Gasteiger partial charge in [-0.3, -0.25) is 5.10 Å². The lowest BCUT2D eigenvalue weighted by molar-refractivity contribution is 0.742. The quantitative estimate of drug-likeness (QED) is 0.617. The number of H-pyrrole nitrogens is 1. The van der Waals surface area contributed by atoms with Gasteiger partial charge in [0.25, 0.3) is 0 Å². The Morgan fingerprint density at radius 3 is 3.00 bits per heavy atom. The van der Waals surface area contributed by atoms with Crippen molar-refractivity contribution in [1.82, 2.24) is 10.2 Å². The van der Waals surface area contributed by atoms with Gasteiger partial charge in [0, 0.05) is 6.54 Å². The van der Waals surface area contributed by atoms with Crippen LogP contribution in [0.2, 0.25) is 0 Å². The predicted molar refractivity (Wildman–Crippen MR) is 55.7 cm³/mol. The molecular formula is C9H15N5. The molecule has 0 spiro atoms. The Bertz CT molecular complexity index is 322. The van der Waals surface area contributed by atoms with Crippen molar-refractivity contribution in [3.8, 4) is 6.07 Å². The third kappa shape index (κ3) is 2.39. The Labute approximate surface area is 83.3 Å². The lowest BCUT2D eigenvalue weighted by Gasteiger charge is -2.01. The van der Waals surface area contributed by atoms with Crippen LogP contribution in [0.4, 0.5) is 11.6 Å². The van der Waals surface area contributed by atoms with Gasteiger partial charge in [-0.05, 0) is 6.42 Å². The van der Waals surface area contributed by atoms with E-state index in [1.807, 2.05) is 6.07 Å². The topological polar surface area (TPSA) is 90.5 Å². The summed E-state index contributed by atoms with van der Waals surface area (Å²) in [5, 5.41) is 18.3. The van der Waals surface area contributed by atoms with E-state index in [1.165, 1.54) is 12.8 Å². The SMILES string of the molecule is CCCCCNc1n[nH]c(N)c1C#N. The molecule has 0 bridgehead atoms. The Morgan fingerprint density at radius 1 is 1.57 bits per heavy atom. The summed E-state index contributed by atoms with van der Waals surface area (Å²) in [6, 6.07) is 2.00. The van der Waals surface area contributed by atoms with E-state index >= 15 is 0 Å². The van der Waals surface area contributed by atoms with Crippen LogP contribution in [-0.4, -0.2) is 16.7 Å². The van der Waals surface area contributed by atoms with Crippen LogP contribution in [0.15, 0.2) is 0 Å². The van der Waals surface area contributed by atoms with Gasteiger partial charge in [-0.25, -0.2) is 0 Å². The Hall–Kier alpha value is -1.70. The molecule has 1 heterocycles. The van der Waals surface area contributed by atoms with E-state index in [0.29, 0.717) is 17.2 Å². The summed E-state index contributed by atoms with van der Waals surface area (Å²) in [5.74, 6) is 0.881. The highest BCUT2D eigenvalue weighted by Gasteiger charge is 2.08. The first-order valence-electron chi connectivity index (χ1n) is 4.77. The van der Waals surface area contributed by atoms with Gasteiger partial charge in [0.1, 0.15) is 17.5 Å². The number of anilines is 2. The lowest BCUT2D eigenvalue weighted by atomic mass is 10.2. The molecule has 5 nitrogen and oxygen atoms in total. The number of nitrogens with zero attached hydrogens (tertiary/aromatic N) is 2. The van der Waals surface area contributed by atoms with Crippen LogP contribution in [0.25, 0.3) is 0 Å². The smallest absolute Gasteiger partial charge is 0.168 e. The van der Waals surface area contributed by atoms with Crippen molar-refractivity contribution in [3.63, 3.8) is 0 Å². The molecule has 4 N–H and O–H groups in total. The molecule has 1 aromatic heterocycles. The summed E-state index contributed by atoms with van der Waals surface area (Å²) in [6.45, 7) is 2.97. The molecular weight excluding hydrogens is 178 g/mol. The molecule has 0 saturated carbocycles. The maximum atomic E-state index is 8.76. The van der Waals surface area contributed by atoms with Gasteiger partial charge < -0.3 is 11.1 Å². The summed E-state index contributed by atoms with van der Waals surface area (Å²) in [6.07, 6.45) is 3.43. The van der Waals surface area contributed by atoms with E-state index < -0.39 is 0 Å². The van der Waals surface area contributed by atoms with E-state index in [-0.39, 0.29) is 0 Å². The average molecular weight is 193 g/mol. The minimum Gasteiger partial charge on any atom is -0.383 e. The molecule has 1 aromatic rings. The van der Waals surface area contributed by atoms with Crippen LogP contribution in [0, 0.1) is 11.3 Å². The number of nitrogen functional groups attached to an aromatic ring is 1. The predicted octanol–water partition coefficient (Wildman–Crippen LogP) is 1.47. The van der Waals surface area contributed by atoms with Crippen molar-refractivity contribution in [1.29, 1.82) is 5.26 Å². The van der Waals surface area contributed by atoms with Crippen LogP contribution in [0.1, 0.15) is 31.7 Å². The minimum absolute atomic E-state index is 0.325. The number of hydrogen-bond donors (Lipinski definition) is 3. The molecule has 0 unspecified atom stereocenters. The number of hydrogen-bond acceptors (Lipinski definition) is 4. The van der Waals surface area contributed by atoms with Crippen molar-refractivity contribution in [2.24, 2.45) is 0 Å². The Morgan fingerprint density at radius 2 is 2.36 bits per heavy atom. The fourth-order valence-corrected chi connectivity index (χ4v) is 1.18. The van der Waals surface area contributed by atoms with Crippen molar-refractivity contribution < 1.29 is 0 Å². The lowest BCUT2D eigenvalue weighted by Crippen LogP contribution is -2.03. The molecule has 0 amide bonds. The third-order valence-corrected chi connectivity index (χ3v) is 1.98. The van der Waals surface area contributed by atoms with Gasteiger partial charge in [0.15, 0.2) is 5.82 Å². The number of unbranched alkanes of at least 4 members (excludes halogenated alkanes) is 2.